The van der Waals surface area contributed by atoms with Gasteiger partial charge in [0.2, 0.25) is 5.95 Å². The third-order valence-corrected chi connectivity index (χ3v) is 2.47. The molecular formula is C12H14ClFN2O2. The zero-order valence-electron chi connectivity index (χ0n) is 9.99. The number of carboxylic acid groups (broad SMARTS) is 1. The first-order valence-electron chi connectivity index (χ1n) is 5.50. The first kappa shape index (κ1) is 14.4. The summed E-state index contributed by atoms with van der Waals surface area (Å²) in [6.07, 6.45) is 4.89. The number of rotatable bonds is 6. The van der Waals surface area contributed by atoms with Crippen LogP contribution in [0.2, 0.25) is 0 Å². The van der Waals surface area contributed by atoms with Crippen molar-refractivity contribution in [3.63, 3.8) is 0 Å². The smallest absolute Gasteiger partial charge is 0.342 e. The molecule has 0 bridgehead atoms. The largest absolute Gasteiger partial charge is 0.477 e. The fraction of sp³-hybridized carbons (Fsp3) is 0.333. The van der Waals surface area contributed by atoms with E-state index in [4.69, 9.17) is 16.7 Å². The number of unbranched alkanes of at least 4 members (excludes halogenated alkanes) is 1. The molecule has 1 aromatic heterocycles. The Kier molecular flexibility index (Phi) is 5.09. The molecule has 0 saturated heterocycles. The lowest BCUT2D eigenvalue weighted by molar-refractivity contribution is 0.0690. The molecule has 0 radical (unpaired) electrons. The minimum Gasteiger partial charge on any atom is -0.477 e. The lowest BCUT2D eigenvalue weighted by Crippen LogP contribution is -2.05. The van der Waals surface area contributed by atoms with Crippen LogP contribution in [0.4, 0.5) is 4.39 Å². The molecule has 0 spiro atoms. The van der Waals surface area contributed by atoms with Gasteiger partial charge in [0.05, 0.1) is 5.69 Å². The molecule has 0 unspecified atom stereocenters. The Morgan fingerprint density at radius 2 is 2.33 bits per heavy atom. The maximum Gasteiger partial charge on any atom is 0.342 e. The van der Waals surface area contributed by atoms with Gasteiger partial charge in [0, 0.05) is 11.2 Å². The maximum absolute atomic E-state index is 13.5. The lowest BCUT2D eigenvalue weighted by Gasteiger charge is -2.02. The Bertz CT molecular complexity index is 495. The number of aromatic carboxylic acids is 1. The van der Waals surface area contributed by atoms with E-state index in [0.717, 1.165) is 12.8 Å². The standard InChI is InChI=1S/C12H14ClFN2O2/c1-3-4-5-9-10(12(17)18)11(14)15-16(9)7-6-8(2)13/h6-7H,2-5H2,1H3,(H,17,18)/b7-6-. The second kappa shape index (κ2) is 6.35. The fourth-order valence-corrected chi connectivity index (χ4v) is 1.57. The van der Waals surface area contributed by atoms with Crippen LogP contribution < -0.4 is 0 Å². The molecular weight excluding hydrogens is 259 g/mol. The van der Waals surface area contributed by atoms with Crippen LogP contribution in [0.1, 0.15) is 35.8 Å². The van der Waals surface area contributed by atoms with Crippen LogP contribution in [0, 0.1) is 5.95 Å². The predicted molar refractivity (Wildman–Crippen MR) is 68.1 cm³/mol. The van der Waals surface area contributed by atoms with E-state index in [-0.39, 0.29) is 10.6 Å². The fourth-order valence-electron chi connectivity index (χ4n) is 1.51. The van der Waals surface area contributed by atoms with Crippen LogP contribution in [-0.4, -0.2) is 20.9 Å². The van der Waals surface area contributed by atoms with Gasteiger partial charge in [-0.3, -0.25) is 0 Å². The summed E-state index contributed by atoms with van der Waals surface area (Å²) in [6, 6.07) is 0. The van der Waals surface area contributed by atoms with Crippen LogP contribution in [0.15, 0.2) is 17.7 Å². The number of carbonyl (C=O) groups is 1. The molecule has 0 aliphatic heterocycles. The van der Waals surface area contributed by atoms with Gasteiger partial charge in [0.25, 0.3) is 0 Å². The van der Waals surface area contributed by atoms with E-state index < -0.39 is 11.9 Å². The molecule has 1 rings (SSSR count). The van der Waals surface area contributed by atoms with Crippen molar-refractivity contribution in [3.8, 4) is 0 Å². The SMILES string of the molecule is C=C(Cl)/C=C\n1nc(F)c(C(=O)O)c1CCCC. The van der Waals surface area contributed by atoms with Gasteiger partial charge in [0.15, 0.2) is 0 Å². The minimum absolute atomic E-state index is 0.254. The monoisotopic (exact) mass is 272 g/mol. The van der Waals surface area contributed by atoms with Crippen molar-refractivity contribution in [2.24, 2.45) is 0 Å². The average molecular weight is 273 g/mol. The van der Waals surface area contributed by atoms with Crippen molar-refractivity contribution in [1.29, 1.82) is 0 Å². The summed E-state index contributed by atoms with van der Waals surface area (Å²) in [5.41, 5.74) is -0.0516. The van der Waals surface area contributed by atoms with E-state index >= 15 is 0 Å². The molecule has 18 heavy (non-hydrogen) atoms. The number of carboxylic acids is 1. The van der Waals surface area contributed by atoms with Gasteiger partial charge in [-0.05, 0) is 18.9 Å². The van der Waals surface area contributed by atoms with Crippen molar-refractivity contribution in [2.45, 2.75) is 26.2 Å². The van der Waals surface area contributed by atoms with Crippen molar-refractivity contribution < 1.29 is 14.3 Å². The molecule has 98 valence electrons. The summed E-state index contributed by atoms with van der Waals surface area (Å²) in [6.45, 7) is 5.42. The summed E-state index contributed by atoms with van der Waals surface area (Å²) in [5, 5.41) is 12.8. The maximum atomic E-state index is 13.5. The van der Waals surface area contributed by atoms with Gasteiger partial charge in [-0.2, -0.15) is 4.39 Å². The highest BCUT2D eigenvalue weighted by molar-refractivity contribution is 6.31. The summed E-state index contributed by atoms with van der Waals surface area (Å²) < 4.78 is 14.7. The normalized spacial score (nSPS) is 11.1. The van der Waals surface area contributed by atoms with Gasteiger partial charge in [-0.25, -0.2) is 9.48 Å². The van der Waals surface area contributed by atoms with Gasteiger partial charge in [-0.15, -0.1) is 5.10 Å². The Balaban J connectivity index is 3.20. The second-order valence-electron chi connectivity index (χ2n) is 3.73. The Morgan fingerprint density at radius 3 is 2.83 bits per heavy atom. The molecule has 0 amide bonds. The number of nitrogens with zero attached hydrogens (tertiary/aromatic N) is 2. The van der Waals surface area contributed by atoms with Gasteiger partial charge in [0.1, 0.15) is 5.56 Å². The van der Waals surface area contributed by atoms with Crippen molar-refractivity contribution in [3.05, 3.63) is 34.9 Å². The van der Waals surface area contributed by atoms with Crippen LogP contribution >= 0.6 is 11.6 Å². The lowest BCUT2D eigenvalue weighted by atomic mass is 10.1. The number of allylic oxidation sites excluding steroid dienone is 2. The average Bonchev–Trinajstić information content (AvgIpc) is 2.60. The number of hydrogen-bond acceptors (Lipinski definition) is 2. The highest BCUT2D eigenvalue weighted by Gasteiger charge is 2.22. The van der Waals surface area contributed by atoms with Crippen molar-refractivity contribution in [1.82, 2.24) is 9.78 Å². The van der Waals surface area contributed by atoms with Crippen molar-refractivity contribution in [2.75, 3.05) is 0 Å². The van der Waals surface area contributed by atoms with E-state index in [1.54, 1.807) is 0 Å². The molecule has 0 fully saturated rings. The molecule has 1 heterocycles. The number of halogens is 2. The first-order valence-corrected chi connectivity index (χ1v) is 5.88. The number of aromatic nitrogens is 2. The highest BCUT2D eigenvalue weighted by atomic mass is 35.5. The Hall–Kier alpha value is -1.62. The van der Waals surface area contributed by atoms with Crippen molar-refractivity contribution >= 4 is 23.8 Å². The molecule has 6 heteroatoms. The molecule has 1 aromatic rings. The zero-order chi connectivity index (χ0) is 13.7. The van der Waals surface area contributed by atoms with E-state index in [1.165, 1.54) is 17.0 Å². The Labute approximate surface area is 109 Å². The molecule has 0 aliphatic rings. The molecule has 0 aliphatic carbocycles. The summed E-state index contributed by atoms with van der Waals surface area (Å²) >= 11 is 5.56. The third kappa shape index (κ3) is 3.43. The van der Waals surface area contributed by atoms with Gasteiger partial charge in [-0.1, -0.05) is 31.5 Å². The van der Waals surface area contributed by atoms with Crippen LogP contribution in [-0.2, 0) is 6.42 Å². The van der Waals surface area contributed by atoms with Gasteiger partial charge >= 0.3 is 5.97 Å². The molecule has 0 atom stereocenters. The second-order valence-corrected chi connectivity index (χ2v) is 4.21. The minimum atomic E-state index is -1.32. The van der Waals surface area contributed by atoms with E-state index in [9.17, 15) is 9.18 Å². The molecule has 1 N–H and O–H groups in total. The summed E-state index contributed by atoms with van der Waals surface area (Å²) in [7, 11) is 0. The van der Waals surface area contributed by atoms with E-state index in [1.807, 2.05) is 6.92 Å². The first-order chi connectivity index (χ1) is 8.47. The number of hydrogen-bond donors (Lipinski definition) is 1. The van der Waals surface area contributed by atoms with Crippen LogP contribution in [0.3, 0.4) is 0 Å². The zero-order valence-corrected chi connectivity index (χ0v) is 10.7. The van der Waals surface area contributed by atoms with E-state index in [2.05, 4.69) is 11.7 Å². The quantitative estimate of drug-likeness (QED) is 0.809. The molecule has 4 nitrogen and oxygen atoms in total. The summed E-state index contributed by atoms with van der Waals surface area (Å²) in [5.74, 6) is -2.30. The van der Waals surface area contributed by atoms with Gasteiger partial charge < -0.3 is 5.11 Å². The van der Waals surface area contributed by atoms with Crippen LogP contribution in [0.25, 0.3) is 6.20 Å². The van der Waals surface area contributed by atoms with E-state index in [0.29, 0.717) is 12.1 Å². The van der Waals surface area contributed by atoms with Crippen LogP contribution in [0.5, 0.6) is 0 Å². The Morgan fingerprint density at radius 1 is 1.67 bits per heavy atom. The highest BCUT2D eigenvalue weighted by Crippen LogP contribution is 2.17. The predicted octanol–water partition coefficient (Wildman–Crippen LogP) is 3.29. The molecule has 0 saturated carbocycles. The third-order valence-electron chi connectivity index (χ3n) is 2.34. The molecule has 0 aromatic carbocycles. The topological polar surface area (TPSA) is 55.1 Å². The summed E-state index contributed by atoms with van der Waals surface area (Å²) in [4.78, 5) is 11.0.